The highest BCUT2D eigenvalue weighted by Gasteiger charge is 2.08. The summed E-state index contributed by atoms with van der Waals surface area (Å²) in [5.41, 5.74) is 5.42. The van der Waals surface area contributed by atoms with Crippen LogP contribution in [0.5, 0.6) is 0 Å². The van der Waals surface area contributed by atoms with Crippen LogP contribution in [-0.2, 0) is 11.3 Å². The summed E-state index contributed by atoms with van der Waals surface area (Å²) in [6, 6.07) is 3.94. The fraction of sp³-hybridized carbons (Fsp3) is 0.385. The lowest BCUT2D eigenvalue weighted by Crippen LogP contribution is -2.35. The molecule has 0 atom stereocenters. The van der Waals surface area contributed by atoms with E-state index >= 15 is 0 Å². The molecule has 0 aliphatic rings. The molecular formula is C13H17BrFN3O2. The third kappa shape index (κ3) is 6.12. The number of imide groups is 1. The first-order valence-corrected chi connectivity index (χ1v) is 6.89. The molecule has 3 N–H and O–H groups in total. The Labute approximate surface area is 125 Å². The molecule has 0 radical (unpaired) electrons. The van der Waals surface area contributed by atoms with Crippen LogP contribution in [0.15, 0.2) is 22.7 Å². The minimum absolute atomic E-state index is 0.203. The zero-order chi connectivity index (χ0) is 15.1. The van der Waals surface area contributed by atoms with Gasteiger partial charge in [0.15, 0.2) is 0 Å². The van der Waals surface area contributed by atoms with Crippen molar-refractivity contribution in [1.82, 2.24) is 10.2 Å². The molecule has 0 aliphatic heterocycles. The number of benzene rings is 1. The zero-order valence-corrected chi connectivity index (χ0v) is 12.7. The summed E-state index contributed by atoms with van der Waals surface area (Å²) in [5.74, 6) is -0.661. The van der Waals surface area contributed by atoms with E-state index in [0.29, 0.717) is 25.1 Å². The standard InChI is InChI=1S/C13H17BrFN3O2/c1-18(6-2-3-12(19)17-13(16)20)8-9-7-10(14)4-5-11(9)15/h4-5,7H,2-3,6,8H2,1H3,(H3,16,17,19,20). The lowest BCUT2D eigenvalue weighted by atomic mass is 10.2. The molecule has 5 nitrogen and oxygen atoms in total. The SMILES string of the molecule is CN(CCCC(=O)NC(N)=O)Cc1cc(Br)ccc1F. The van der Waals surface area contributed by atoms with Crippen molar-refractivity contribution >= 4 is 27.9 Å². The fourth-order valence-electron chi connectivity index (χ4n) is 1.74. The fourth-order valence-corrected chi connectivity index (χ4v) is 2.15. The molecule has 0 spiro atoms. The molecule has 0 heterocycles. The zero-order valence-electron chi connectivity index (χ0n) is 11.2. The van der Waals surface area contributed by atoms with E-state index < -0.39 is 11.9 Å². The van der Waals surface area contributed by atoms with E-state index in [-0.39, 0.29) is 12.2 Å². The molecule has 1 aromatic carbocycles. The van der Waals surface area contributed by atoms with Crippen LogP contribution < -0.4 is 11.1 Å². The normalized spacial score (nSPS) is 10.6. The monoisotopic (exact) mass is 345 g/mol. The van der Waals surface area contributed by atoms with Gasteiger partial charge >= 0.3 is 6.03 Å². The van der Waals surface area contributed by atoms with Crippen LogP contribution >= 0.6 is 15.9 Å². The molecule has 0 saturated carbocycles. The number of urea groups is 1. The van der Waals surface area contributed by atoms with Gasteiger partial charge in [0.05, 0.1) is 0 Å². The lowest BCUT2D eigenvalue weighted by Gasteiger charge is -2.17. The highest BCUT2D eigenvalue weighted by atomic mass is 79.9. The largest absolute Gasteiger partial charge is 0.351 e. The predicted molar refractivity (Wildman–Crippen MR) is 77.4 cm³/mol. The highest BCUT2D eigenvalue weighted by Crippen LogP contribution is 2.16. The molecule has 0 saturated heterocycles. The molecular weight excluding hydrogens is 329 g/mol. The van der Waals surface area contributed by atoms with E-state index in [0.717, 1.165) is 4.47 Å². The number of amides is 3. The number of hydrogen-bond acceptors (Lipinski definition) is 3. The van der Waals surface area contributed by atoms with Crippen LogP contribution in [-0.4, -0.2) is 30.4 Å². The van der Waals surface area contributed by atoms with E-state index in [1.165, 1.54) is 6.07 Å². The number of halogens is 2. The van der Waals surface area contributed by atoms with Gasteiger partial charge in [-0.25, -0.2) is 9.18 Å². The first kappa shape index (κ1) is 16.6. The van der Waals surface area contributed by atoms with Crippen LogP contribution in [0.4, 0.5) is 9.18 Å². The van der Waals surface area contributed by atoms with Crippen LogP contribution in [0, 0.1) is 5.82 Å². The van der Waals surface area contributed by atoms with E-state index in [4.69, 9.17) is 5.73 Å². The van der Waals surface area contributed by atoms with Gasteiger partial charge in [-0.05, 0) is 38.2 Å². The number of rotatable bonds is 6. The minimum Gasteiger partial charge on any atom is -0.351 e. The molecule has 0 unspecified atom stereocenters. The number of primary amides is 1. The van der Waals surface area contributed by atoms with Gasteiger partial charge < -0.3 is 10.6 Å². The highest BCUT2D eigenvalue weighted by molar-refractivity contribution is 9.10. The van der Waals surface area contributed by atoms with Gasteiger partial charge in [-0.3, -0.25) is 10.1 Å². The summed E-state index contributed by atoms with van der Waals surface area (Å²) in [5, 5.41) is 2.00. The van der Waals surface area contributed by atoms with Gasteiger partial charge in [0.1, 0.15) is 5.82 Å². The number of carbonyl (C=O) groups excluding carboxylic acids is 2. The van der Waals surface area contributed by atoms with Gasteiger partial charge in [0, 0.05) is 23.0 Å². The minimum atomic E-state index is -0.848. The second kappa shape index (κ2) is 7.96. The first-order valence-electron chi connectivity index (χ1n) is 6.10. The predicted octanol–water partition coefficient (Wildman–Crippen LogP) is 2.00. The smallest absolute Gasteiger partial charge is 0.318 e. The second-order valence-corrected chi connectivity index (χ2v) is 5.41. The Morgan fingerprint density at radius 3 is 2.80 bits per heavy atom. The maximum absolute atomic E-state index is 13.6. The molecule has 3 amide bonds. The van der Waals surface area contributed by atoms with Gasteiger partial charge in [-0.1, -0.05) is 15.9 Å². The van der Waals surface area contributed by atoms with Crippen molar-refractivity contribution in [1.29, 1.82) is 0 Å². The van der Waals surface area contributed by atoms with Crippen LogP contribution in [0.3, 0.4) is 0 Å². The second-order valence-electron chi connectivity index (χ2n) is 4.49. The molecule has 1 rings (SSSR count). The van der Waals surface area contributed by atoms with Crippen LogP contribution in [0.25, 0.3) is 0 Å². The van der Waals surface area contributed by atoms with Gasteiger partial charge in [-0.15, -0.1) is 0 Å². The third-order valence-corrected chi connectivity index (χ3v) is 3.15. The van der Waals surface area contributed by atoms with E-state index in [1.807, 2.05) is 17.3 Å². The van der Waals surface area contributed by atoms with Crippen LogP contribution in [0.2, 0.25) is 0 Å². The van der Waals surface area contributed by atoms with Crippen molar-refractivity contribution in [3.8, 4) is 0 Å². The molecule has 110 valence electrons. The summed E-state index contributed by atoms with van der Waals surface area (Å²) >= 11 is 3.30. The van der Waals surface area contributed by atoms with Crippen molar-refractivity contribution in [2.24, 2.45) is 5.73 Å². The molecule has 20 heavy (non-hydrogen) atoms. The molecule has 1 aromatic rings. The molecule has 0 aromatic heterocycles. The summed E-state index contributed by atoms with van der Waals surface area (Å²) in [6.45, 7) is 1.06. The number of nitrogens with two attached hydrogens (primary N) is 1. The maximum Gasteiger partial charge on any atom is 0.318 e. The average Bonchev–Trinajstić information content (AvgIpc) is 2.33. The van der Waals surface area contributed by atoms with Crippen LogP contribution in [0.1, 0.15) is 18.4 Å². The molecule has 0 bridgehead atoms. The molecule has 0 fully saturated rings. The number of nitrogens with zero attached hydrogens (tertiary/aromatic N) is 1. The quantitative estimate of drug-likeness (QED) is 0.827. The Morgan fingerprint density at radius 2 is 2.15 bits per heavy atom. The van der Waals surface area contributed by atoms with E-state index in [1.54, 1.807) is 12.1 Å². The summed E-state index contributed by atoms with van der Waals surface area (Å²) in [7, 11) is 1.84. The van der Waals surface area contributed by atoms with Crippen molar-refractivity contribution in [3.05, 3.63) is 34.1 Å². The number of hydrogen-bond donors (Lipinski definition) is 2. The van der Waals surface area contributed by atoms with Crippen molar-refractivity contribution in [2.75, 3.05) is 13.6 Å². The Morgan fingerprint density at radius 1 is 1.45 bits per heavy atom. The van der Waals surface area contributed by atoms with E-state index in [9.17, 15) is 14.0 Å². The number of nitrogens with one attached hydrogen (secondary N) is 1. The topological polar surface area (TPSA) is 75.4 Å². The van der Waals surface area contributed by atoms with Crippen molar-refractivity contribution < 1.29 is 14.0 Å². The number of carbonyl (C=O) groups is 2. The Hall–Kier alpha value is -1.47. The summed E-state index contributed by atoms with van der Waals surface area (Å²) in [4.78, 5) is 23.6. The van der Waals surface area contributed by atoms with Gasteiger partial charge in [0.25, 0.3) is 0 Å². The summed E-state index contributed by atoms with van der Waals surface area (Å²) in [6.07, 6.45) is 0.763. The maximum atomic E-state index is 13.6. The van der Waals surface area contributed by atoms with Gasteiger partial charge in [0.2, 0.25) is 5.91 Å². The molecule has 7 heteroatoms. The Balaban J connectivity index is 2.36. The first-order chi connectivity index (χ1) is 9.38. The molecule has 0 aliphatic carbocycles. The van der Waals surface area contributed by atoms with Crippen molar-refractivity contribution in [2.45, 2.75) is 19.4 Å². The van der Waals surface area contributed by atoms with Crippen molar-refractivity contribution in [3.63, 3.8) is 0 Å². The third-order valence-electron chi connectivity index (χ3n) is 2.65. The van der Waals surface area contributed by atoms with E-state index in [2.05, 4.69) is 15.9 Å². The van der Waals surface area contributed by atoms with Gasteiger partial charge in [-0.2, -0.15) is 0 Å². The Kier molecular flexibility index (Phi) is 6.60. The average molecular weight is 346 g/mol. The lowest BCUT2D eigenvalue weighted by molar-refractivity contribution is -0.120. The summed E-state index contributed by atoms with van der Waals surface area (Å²) < 4.78 is 14.4. The Bertz CT molecular complexity index is 497.